The average Bonchev–Trinajstić information content (AvgIpc) is 2.62. The molecule has 0 fully saturated rings. The fraction of sp³-hybridized carbons (Fsp3) is 0.400. The van der Waals surface area contributed by atoms with Crippen molar-refractivity contribution in [2.24, 2.45) is 5.92 Å². The van der Waals surface area contributed by atoms with E-state index in [0.717, 1.165) is 22.8 Å². The summed E-state index contributed by atoms with van der Waals surface area (Å²) in [5.41, 5.74) is 0.932. The number of ether oxygens (including phenoxy) is 2. The third kappa shape index (κ3) is 5.69. The number of rotatable bonds is 8. The van der Waals surface area contributed by atoms with Gasteiger partial charge in [-0.15, -0.1) is 0 Å². The van der Waals surface area contributed by atoms with Gasteiger partial charge in [-0.3, -0.25) is 9.59 Å². The molecule has 2 aromatic rings. The maximum Gasteiger partial charge on any atom is 0.306 e. The van der Waals surface area contributed by atoms with Crippen LogP contribution in [0, 0.1) is 5.92 Å². The van der Waals surface area contributed by atoms with E-state index in [-0.39, 0.29) is 31.4 Å². The van der Waals surface area contributed by atoms with Crippen LogP contribution in [0.15, 0.2) is 42.5 Å². The van der Waals surface area contributed by atoms with Crippen molar-refractivity contribution in [2.45, 2.75) is 39.7 Å². The first-order valence-electron chi connectivity index (χ1n) is 8.37. The topological polar surface area (TPSA) is 52.6 Å². The van der Waals surface area contributed by atoms with E-state index in [2.05, 4.69) is 0 Å². The Hall–Kier alpha value is -2.36. The minimum Gasteiger partial charge on any atom is -0.465 e. The highest BCUT2D eigenvalue weighted by Gasteiger charge is 2.10. The van der Waals surface area contributed by atoms with Gasteiger partial charge in [0.15, 0.2) is 0 Å². The molecule has 0 aliphatic rings. The first-order valence-corrected chi connectivity index (χ1v) is 8.37. The van der Waals surface area contributed by atoms with Crippen molar-refractivity contribution < 1.29 is 19.1 Å². The fourth-order valence-corrected chi connectivity index (χ4v) is 2.19. The second-order valence-electron chi connectivity index (χ2n) is 6.04. The summed E-state index contributed by atoms with van der Waals surface area (Å²) in [4.78, 5) is 23.3. The molecule has 1 unspecified atom stereocenters. The van der Waals surface area contributed by atoms with Gasteiger partial charge in [0, 0.05) is 0 Å². The lowest BCUT2D eigenvalue weighted by Gasteiger charge is -2.09. The van der Waals surface area contributed by atoms with E-state index < -0.39 is 0 Å². The van der Waals surface area contributed by atoms with Crippen molar-refractivity contribution in [1.29, 1.82) is 0 Å². The maximum atomic E-state index is 11.7. The van der Waals surface area contributed by atoms with Crippen molar-refractivity contribution in [3.05, 3.63) is 48.0 Å². The molecule has 0 spiro atoms. The Kier molecular flexibility index (Phi) is 6.79. The van der Waals surface area contributed by atoms with E-state index in [1.807, 2.05) is 56.3 Å². The number of hydrogen-bond acceptors (Lipinski definition) is 4. The molecule has 0 amide bonds. The second-order valence-corrected chi connectivity index (χ2v) is 6.04. The summed E-state index contributed by atoms with van der Waals surface area (Å²) in [5.74, 6) is -0.393. The van der Waals surface area contributed by atoms with Gasteiger partial charge in [-0.05, 0) is 28.3 Å². The monoisotopic (exact) mass is 328 g/mol. The predicted octanol–water partition coefficient (Wildman–Crippen LogP) is 4.25. The molecule has 0 aliphatic carbocycles. The van der Waals surface area contributed by atoms with Gasteiger partial charge in [0.1, 0.15) is 6.61 Å². The van der Waals surface area contributed by atoms with E-state index in [4.69, 9.17) is 9.47 Å². The van der Waals surface area contributed by atoms with Crippen molar-refractivity contribution in [3.63, 3.8) is 0 Å². The Morgan fingerprint density at radius 2 is 1.62 bits per heavy atom. The SMILES string of the molecule is CCC(C)COC(=O)CCC(=O)OCc1ccc2ccccc2c1. The molecule has 2 rings (SSSR count). The van der Waals surface area contributed by atoms with Crippen molar-refractivity contribution in [1.82, 2.24) is 0 Å². The highest BCUT2D eigenvalue weighted by atomic mass is 16.5. The first-order chi connectivity index (χ1) is 11.6. The molecule has 0 saturated carbocycles. The van der Waals surface area contributed by atoms with E-state index in [9.17, 15) is 9.59 Å². The lowest BCUT2D eigenvalue weighted by Crippen LogP contribution is -2.13. The lowest BCUT2D eigenvalue weighted by atomic mass is 10.1. The summed E-state index contributed by atoms with van der Waals surface area (Å²) < 4.78 is 10.3. The Bertz CT molecular complexity index is 693. The van der Waals surface area contributed by atoms with Gasteiger partial charge in [-0.2, -0.15) is 0 Å². The third-order valence-electron chi connectivity index (χ3n) is 3.97. The largest absolute Gasteiger partial charge is 0.465 e. The standard InChI is InChI=1S/C20H24O4/c1-3-15(2)13-23-19(21)10-11-20(22)24-14-16-8-9-17-6-4-5-7-18(17)12-16/h4-9,12,15H,3,10-11,13-14H2,1-2H3. The zero-order chi connectivity index (χ0) is 17.4. The Labute approximate surface area is 142 Å². The summed E-state index contributed by atoms with van der Waals surface area (Å²) >= 11 is 0. The molecule has 24 heavy (non-hydrogen) atoms. The summed E-state index contributed by atoms with van der Waals surface area (Å²) in [6.07, 6.45) is 1.07. The minimum atomic E-state index is -0.386. The zero-order valence-corrected chi connectivity index (χ0v) is 14.3. The van der Waals surface area contributed by atoms with Crippen molar-refractivity contribution in [2.75, 3.05) is 6.61 Å². The normalized spacial score (nSPS) is 11.9. The van der Waals surface area contributed by atoms with Gasteiger partial charge in [-0.25, -0.2) is 0 Å². The zero-order valence-electron chi connectivity index (χ0n) is 14.3. The molecule has 4 heteroatoms. The molecule has 0 heterocycles. The number of esters is 2. The average molecular weight is 328 g/mol. The van der Waals surface area contributed by atoms with Crippen molar-refractivity contribution >= 4 is 22.7 Å². The highest BCUT2D eigenvalue weighted by Crippen LogP contribution is 2.16. The molecular formula is C20H24O4. The molecule has 0 aliphatic heterocycles. The van der Waals surface area contributed by atoms with Gasteiger partial charge in [0.05, 0.1) is 19.4 Å². The Morgan fingerprint density at radius 3 is 2.33 bits per heavy atom. The number of benzene rings is 2. The van der Waals surface area contributed by atoms with Gasteiger partial charge in [0.2, 0.25) is 0 Å². The van der Waals surface area contributed by atoms with Crippen LogP contribution in [-0.4, -0.2) is 18.5 Å². The van der Waals surface area contributed by atoms with E-state index >= 15 is 0 Å². The maximum absolute atomic E-state index is 11.7. The Morgan fingerprint density at radius 1 is 0.958 bits per heavy atom. The van der Waals surface area contributed by atoms with E-state index in [1.165, 1.54) is 0 Å². The summed E-state index contributed by atoms with van der Waals surface area (Å²) in [7, 11) is 0. The highest BCUT2D eigenvalue weighted by molar-refractivity contribution is 5.83. The molecule has 0 radical (unpaired) electrons. The van der Waals surface area contributed by atoms with Gasteiger partial charge < -0.3 is 9.47 Å². The Balaban J connectivity index is 1.73. The van der Waals surface area contributed by atoms with Crippen LogP contribution in [0.25, 0.3) is 10.8 Å². The number of carbonyl (C=O) groups is 2. The van der Waals surface area contributed by atoms with E-state index in [1.54, 1.807) is 0 Å². The van der Waals surface area contributed by atoms with Crippen LogP contribution in [0.4, 0.5) is 0 Å². The molecule has 0 N–H and O–H groups in total. The van der Waals surface area contributed by atoms with Crippen LogP contribution >= 0.6 is 0 Å². The van der Waals surface area contributed by atoms with Gasteiger partial charge in [0.25, 0.3) is 0 Å². The van der Waals surface area contributed by atoms with Crippen LogP contribution in [0.1, 0.15) is 38.7 Å². The van der Waals surface area contributed by atoms with Gasteiger partial charge >= 0.3 is 11.9 Å². The van der Waals surface area contributed by atoms with Crippen LogP contribution in [0.5, 0.6) is 0 Å². The first kappa shape index (κ1) is 18.0. The second kappa shape index (κ2) is 9.06. The molecule has 1 atom stereocenters. The lowest BCUT2D eigenvalue weighted by molar-refractivity contribution is -0.151. The fourth-order valence-electron chi connectivity index (χ4n) is 2.19. The number of fused-ring (bicyclic) bond motifs is 1. The number of carbonyl (C=O) groups excluding carboxylic acids is 2. The van der Waals surface area contributed by atoms with Gasteiger partial charge in [-0.1, -0.05) is 56.7 Å². The molecule has 4 nitrogen and oxygen atoms in total. The van der Waals surface area contributed by atoms with E-state index in [0.29, 0.717) is 12.5 Å². The van der Waals surface area contributed by atoms with Crippen molar-refractivity contribution in [3.8, 4) is 0 Å². The number of hydrogen-bond donors (Lipinski definition) is 0. The smallest absolute Gasteiger partial charge is 0.306 e. The quantitative estimate of drug-likeness (QED) is 0.680. The minimum absolute atomic E-state index is 0.0485. The third-order valence-corrected chi connectivity index (χ3v) is 3.97. The van der Waals surface area contributed by atoms with Crippen LogP contribution in [0.3, 0.4) is 0 Å². The molecule has 0 aromatic heterocycles. The molecule has 128 valence electrons. The molecule has 0 saturated heterocycles. The molecular weight excluding hydrogens is 304 g/mol. The summed E-state index contributed by atoms with van der Waals surface area (Å²) in [6.45, 7) is 4.68. The molecule has 0 bridgehead atoms. The molecule has 2 aromatic carbocycles. The van der Waals surface area contributed by atoms with Crippen LogP contribution in [0.2, 0.25) is 0 Å². The van der Waals surface area contributed by atoms with Crippen LogP contribution in [-0.2, 0) is 25.7 Å². The summed E-state index contributed by atoms with van der Waals surface area (Å²) in [6, 6.07) is 14.0. The van der Waals surface area contributed by atoms with Crippen LogP contribution < -0.4 is 0 Å². The predicted molar refractivity (Wildman–Crippen MR) is 93.4 cm³/mol. The summed E-state index contributed by atoms with van der Waals surface area (Å²) in [5, 5.41) is 2.26.